The van der Waals surface area contributed by atoms with Crippen LogP contribution in [-0.2, 0) is 34.0 Å². The van der Waals surface area contributed by atoms with Crippen molar-refractivity contribution in [3.63, 3.8) is 0 Å². The van der Waals surface area contributed by atoms with E-state index in [1.165, 1.54) is 6.92 Å². The van der Waals surface area contributed by atoms with E-state index in [0.717, 1.165) is 16.7 Å². The number of rotatable bonds is 9. The number of carbonyl (C=O) groups is 2. The number of ether oxygens (including phenoxy) is 3. The van der Waals surface area contributed by atoms with Crippen LogP contribution in [0.2, 0.25) is 0 Å². The first-order chi connectivity index (χ1) is 15.0. The van der Waals surface area contributed by atoms with Gasteiger partial charge in [-0.1, -0.05) is 66.7 Å². The zero-order valence-electron chi connectivity index (χ0n) is 17.3. The summed E-state index contributed by atoms with van der Waals surface area (Å²) in [7, 11) is 0. The van der Waals surface area contributed by atoms with E-state index in [9.17, 15) is 9.59 Å². The van der Waals surface area contributed by atoms with E-state index in [1.807, 2.05) is 60.7 Å². The summed E-state index contributed by atoms with van der Waals surface area (Å²) < 4.78 is 16.4. The monoisotopic (exact) mass is 419 g/mol. The van der Waals surface area contributed by atoms with E-state index >= 15 is 0 Å². The summed E-state index contributed by atoms with van der Waals surface area (Å²) in [5.74, 6) is -0.246. The molecule has 0 heterocycles. The summed E-state index contributed by atoms with van der Waals surface area (Å²) in [6, 6.07) is 23.4. The van der Waals surface area contributed by atoms with Gasteiger partial charge in [-0.15, -0.1) is 0 Å². The lowest BCUT2D eigenvalue weighted by molar-refractivity contribution is -0.146. The molecule has 6 nitrogen and oxygen atoms in total. The largest absolute Gasteiger partial charge is 0.485 e. The molecule has 3 aromatic carbocycles. The molecule has 160 valence electrons. The van der Waals surface area contributed by atoms with Crippen molar-refractivity contribution in [2.45, 2.75) is 32.6 Å². The molecule has 3 rings (SSSR count). The fraction of sp³-hybridized carbons (Fsp3) is 0.200. The predicted molar refractivity (Wildman–Crippen MR) is 116 cm³/mol. The van der Waals surface area contributed by atoms with Crippen molar-refractivity contribution in [1.29, 1.82) is 0 Å². The molecular formula is C25H25NO5. The van der Waals surface area contributed by atoms with E-state index < -0.39 is 18.0 Å². The van der Waals surface area contributed by atoms with Crippen molar-refractivity contribution < 1.29 is 23.8 Å². The Balaban J connectivity index is 1.63. The molecule has 0 saturated heterocycles. The standard InChI is InChI=1S/C25H25NO5/c1-18(27)31-24-15-21(12-13-23(24)29-16-19-8-4-2-5-9-19)14-22(26)25(28)30-17-20-10-6-3-7-11-20/h2-13,15,22H,14,16-17,26H2,1H3/t22-/m0/s1. The van der Waals surface area contributed by atoms with Crippen LogP contribution in [-0.4, -0.2) is 18.0 Å². The van der Waals surface area contributed by atoms with Crippen LogP contribution in [0, 0.1) is 0 Å². The van der Waals surface area contributed by atoms with Crippen LogP contribution in [0.5, 0.6) is 11.5 Å². The Morgan fingerprint density at radius 3 is 2.03 bits per heavy atom. The van der Waals surface area contributed by atoms with Crippen LogP contribution < -0.4 is 15.2 Å². The van der Waals surface area contributed by atoms with E-state index in [-0.39, 0.29) is 18.8 Å². The molecule has 0 radical (unpaired) electrons. The van der Waals surface area contributed by atoms with Gasteiger partial charge in [0.25, 0.3) is 0 Å². The second kappa shape index (κ2) is 10.9. The second-order valence-electron chi connectivity index (χ2n) is 7.05. The lowest BCUT2D eigenvalue weighted by atomic mass is 10.1. The molecule has 0 unspecified atom stereocenters. The molecule has 0 aliphatic heterocycles. The first kappa shape index (κ1) is 22.1. The first-order valence-electron chi connectivity index (χ1n) is 9.95. The number of nitrogens with two attached hydrogens (primary N) is 1. The van der Waals surface area contributed by atoms with Gasteiger partial charge in [0.1, 0.15) is 19.3 Å². The van der Waals surface area contributed by atoms with Gasteiger partial charge in [-0.05, 0) is 35.2 Å². The third kappa shape index (κ3) is 6.97. The van der Waals surface area contributed by atoms with E-state index in [4.69, 9.17) is 19.9 Å². The zero-order valence-corrected chi connectivity index (χ0v) is 17.3. The van der Waals surface area contributed by atoms with Gasteiger partial charge in [0.05, 0.1) is 0 Å². The van der Waals surface area contributed by atoms with Gasteiger partial charge < -0.3 is 19.9 Å². The van der Waals surface area contributed by atoms with Gasteiger partial charge in [-0.25, -0.2) is 0 Å². The Kier molecular flexibility index (Phi) is 7.79. The van der Waals surface area contributed by atoms with Crippen LogP contribution in [0.4, 0.5) is 0 Å². The fourth-order valence-electron chi connectivity index (χ4n) is 2.94. The Morgan fingerprint density at radius 1 is 0.806 bits per heavy atom. The van der Waals surface area contributed by atoms with Gasteiger partial charge in [0.2, 0.25) is 0 Å². The number of carbonyl (C=O) groups excluding carboxylic acids is 2. The molecule has 1 atom stereocenters. The van der Waals surface area contributed by atoms with Crippen LogP contribution in [0.3, 0.4) is 0 Å². The third-order valence-corrected chi connectivity index (χ3v) is 4.48. The highest BCUT2D eigenvalue weighted by molar-refractivity contribution is 5.76. The highest BCUT2D eigenvalue weighted by Gasteiger charge is 2.18. The van der Waals surface area contributed by atoms with Gasteiger partial charge >= 0.3 is 11.9 Å². The van der Waals surface area contributed by atoms with Crippen molar-refractivity contribution in [3.8, 4) is 11.5 Å². The van der Waals surface area contributed by atoms with Crippen LogP contribution in [0.25, 0.3) is 0 Å². The van der Waals surface area contributed by atoms with Gasteiger partial charge in [0.15, 0.2) is 11.5 Å². The Bertz CT molecular complexity index is 1000. The molecule has 2 N–H and O–H groups in total. The summed E-state index contributed by atoms with van der Waals surface area (Å²) in [5, 5.41) is 0. The molecule has 0 bridgehead atoms. The molecule has 6 heteroatoms. The highest BCUT2D eigenvalue weighted by Crippen LogP contribution is 2.30. The summed E-state index contributed by atoms with van der Waals surface area (Å²) in [4.78, 5) is 23.8. The molecule has 31 heavy (non-hydrogen) atoms. The molecule has 0 amide bonds. The summed E-state index contributed by atoms with van der Waals surface area (Å²) in [6.45, 7) is 1.82. The summed E-state index contributed by atoms with van der Waals surface area (Å²) in [6.07, 6.45) is 0.237. The SMILES string of the molecule is CC(=O)Oc1cc(C[C@H](N)C(=O)OCc2ccccc2)ccc1OCc1ccccc1. The van der Waals surface area contributed by atoms with Gasteiger partial charge in [-0.2, -0.15) is 0 Å². The van der Waals surface area contributed by atoms with Crippen LogP contribution in [0.15, 0.2) is 78.9 Å². The molecule has 0 aliphatic rings. The lowest BCUT2D eigenvalue weighted by Crippen LogP contribution is -2.34. The molecule has 3 aromatic rings. The Labute approximate surface area is 181 Å². The van der Waals surface area contributed by atoms with E-state index in [2.05, 4.69) is 0 Å². The number of hydrogen-bond acceptors (Lipinski definition) is 6. The number of benzene rings is 3. The maximum atomic E-state index is 12.3. The van der Waals surface area contributed by atoms with Crippen molar-refractivity contribution in [3.05, 3.63) is 95.6 Å². The van der Waals surface area contributed by atoms with Crippen molar-refractivity contribution in [2.75, 3.05) is 0 Å². The molecule has 0 saturated carbocycles. The molecule has 0 aromatic heterocycles. The third-order valence-electron chi connectivity index (χ3n) is 4.48. The number of hydrogen-bond donors (Lipinski definition) is 1. The van der Waals surface area contributed by atoms with E-state index in [1.54, 1.807) is 18.2 Å². The van der Waals surface area contributed by atoms with Crippen LogP contribution >= 0.6 is 0 Å². The summed E-state index contributed by atoms with van der Waals surface area (Å²) in [5.41, 5.74) is 8.63. The minimum atomic E-state index is -0.843. The average molecular weight is 419 g/mol. The number of esters is 2. The minimum absolute atomic E-state index is 0.165. The van der Waals surface area contributed by atoms with Crippen molar-refractivity contribution in [2.24, 2.45) is 5.73 Å². The van der Waals surface area contributed by atoms with Crippen LogP contribution in [0.1, 0.15) is 23.6 Å². The highest BCUT2D eigenvalue weighted by atomic mass is 16.6. The quantitative estimate of drug-likeness (QED) is 0.419. The fourth-order valence-corrected chi connectivity index (χ4v) is 2.94. The second-order valence-corrected chi connectivity index (χ2v) is 7.05. The maximum absolute atomic E-state index is 12.3. The zero-order chi connectivity index (χ0) is 22.1. The lowest BCUT2D eigenvalue weighted by Gasteiger charge is -2.15. The molecule has 0 aliphatic carbocycles. The first-order valence-corrected chi connectivity index (χ1v) is 9.95. The average Bonchev–Trinajstić information content (AvgIpc) is 2.78. The Morgan fingerprint density at radius 2 is 1.42 bits per heavy atom. The van der Waals surface area contributed by atoms with Crippen molar-refractivity contribution in [1.82, 2.24) is 0 Å². The predicted octanol–water partition coefficient (Wildman–Crippen LogP) is 3.80. The molecule has 0 spiro atoms. The van der Waals surface area contributed by atoms with Crippen molar-refractivity contribution >= 4 is 11.9 Å². The molecular weight excluding hydrogens is 394 g/mol. The van der Waals surface area contributed by atoms with Gasteiger partial charge in [0, 0.05) is 6.92 Å². The smallest absolute Gasteiger partial charge is 0.323 e. The topological polar surface area (TPSA) is 87.9 Å². The maximum Gasteiger partial charge on any atom is 0.323 e. The molecule has 0 fully saturated rings. The van der Waals surface area contributed by atoms with Gasteiger partial charge in [-0.3, -0.25) is 9.59 Å². The summed E-state index contributed by atoms with van der Waals surface area (Å²) >= 11 is 0. The minimum Gasteiger partial charge on any atom is -0.485 e. The Hall–Kier alpha value is -3.64. The normalized spacial score (nSPS) is 11.4. The van der Waals surface area contributed by atoms with E-state index in [0.29, 0.717) is 12.4 Å².